The van der Waals surface area contributed by atoms with Crippen molar-refractivity contribution in [2.24, 2.45) is 7.05 Å². The third-order valence-electron chi connectivity index (χ3n) is 2.56. The van der Waals surface area contributed by atoms with Gasteiger partial charge >= 0.3 is 5.97 Å². The van der Waals surface area contributed by atoms with Gasteiger partial charge in [0.2, 0.25) is 0 Å². The third-order valence-corrected chi connectivity index (χ3v) is 2.56. The number of esters is 1. The van der Waals surface area contributed by atoms with Crippen LogP contribution >= 0.6 is 0 Å². The molecule has 0 aliphatic rings. The molecule has 2 atom stereocenters. The van der Waals surface area contributed by atoms with E-state index in [1.165, 1.54) is 0 Å². The molecule has 1 heterocycles. The summed E-state index contributed by atoms with van der Waals surface area (Å²) in [7, 11) is 1.87. The van der Waals surface area contributed by atoms with Crippen molar-refractivity contribution in [1.29, 1.82) is 0 Å². The summed E-state index contributed by atoms with van der Waals surface area (Å²) in [6.45, 7) is 6.09. The van der Waals surface area contributed by atoms with Crippen LogP contribution in [0.2, 0.25) is 0 Å². The van der Waals surface area contributed by atoms with Crippen LogP contribution < -0.4 is 5.32 Å². The molecule has 6 nitrogen and oxygen atoms in total. The van der Waals surface area contributed by atoms with Gasteiger partial charge < -0.3 is 9.30 Å². The molecule has 0 saturated carbocycles. The highest BCUT2D eigenvalue weighted by Gasteiger charge is 2.22. The molecule has 0 bridgehead atoms. The zero-order valence-corrected chi connectivity index (χ0v) is 10.8. The molecule has 0 radical (unpaired) electrons. The lowest BCUT2D eigenvalue weighted by atomic mass is 10.2. The van der Waals surface area contributed by atoms with Gasteiger partial charge in [0.05, 0.1) is 12.6 Å². The van der Waals surface area contributed by atoms with Crippen molar-refractivity contribution in [3.8, 4) is 0 Å². The van der Waals surface area contributed by atoms with Crippen molar-refractivity contribution < 1.29 is 9.53 Å². The Kier molecular flexibility index (Phi) is 5.09. The van der Waals surface area contributed by atoms with Gasteiger partial charge in [-0.1, -0.05) is 6.92 Å². The lowest BCUT2D eigenvalue weighted by molar-refractivity contribution is -0.146. The standard InChI is InChI=1S/C11H20N4O2/c1-5-9(11(16)17-6-2)13-8(3)10-14-12-7-15(10)4/h7-9,13H,5-6H2,1-4H3. The van der Waals surface area contributed by atoms with Crippen LogP contribution in [0.1, 0.15) is 39.1 Å². The molecular weight excluding hydrogens is 220 g/mol. The smallest absolute Gasteiger partial charge is 0.323 e. The molecule has 2 unspecified atom stereocenters. The van der Waals surface area contributed by atoms with Crippen LogP contribution in [0, 0.1) is 0 Å². The molecule has 0 fully saturated rings. The van der Waals surface area contributed by atoms with Gasteiger partial charge in [-0.15, -0.1) is 10.2 Å². The van der Waals surface area contributed by atoms with E-state index in [0.717, 1.165) is 5.82 Å². The Hall–Kier alpha value is -1.43. The second-order valence-corrected chi connectivity index (χ2v) is 3.90. The summed E-state index contributed by atoms with van der Waals surface area (Å²) in [5.41, 5.74) is 0. The average molecular weight is 240 g/mol. The molecule has 6 heteroatoms. The van der Waals surface area contributed by atoms with Crippen molar-refractivity contribution in [1.82, 2.24) is 20.1 Å². The van der Waals surface area contributed by atoms with E-state index in [-0.39, 0.29) is 18.1 Å². The van der Waals surface area contributed by atoms with Crippen LogP contribution in [-0.2, 0) is 16.6 Å². The molecule has 0 amide bonds. The van der Waals surface area contributed by atoms with Gasteiger partial charge in [0.15, 0.2) is 0 Å². The largest absolute Gasteiger partial charge is 0.465 e. The Morgan fingerprint density at radius 2 is 2.29 bits per heavy atom. The first-order valence-corrected chi connectivity index (χ1v) is 5.86. The highest BCUT2D eigenvalue weighted by Crippen LogP contribution is 2.10. The number of ether oxygens (including phenoxy) is 1. The Morgan fingerprint density at radius 1 is 1.59 bits per heavy atom. The Labute approximate surface area is 101 Å². The fraction of sp³-hybridized carbons (Fsp3) is 0.727. The normalized spacial score (nSPS) is 14.4. The highest BCUT2D eigenvalue weighted by molar-refractivity contribution is 5.75. The average Bonchev–Trinajstić information content (AvgIpc) is 2.72. The molecule has 17 heavy (non-hydrogen) atoms. The molecular formula is C11H20N4O2. The molecule has 0 spiro atoms. The molecule has 0 aliphatic carbocycles. The number of hydrogen-bond acceptors (Lipinski definition) is 5. The van der Waals surface area contributed by atoms with E-state index in [0.29, 0.717) is 13.0 Å². The van der Waals surface area contributed by atoms with E-state index in [1.807, 2.05) is 25.5 Å². The van der Waals surface area contributed by atoms with E-state index in [2.05, 4.69) is 15.5 Å². The van der Waals surface area contributed by atoms with E-state index >= 15 is 0 Å². The summed E-state index contributed by atoms with van der Waals surface area (Å²) in [4.78, 5) is 11.6. The van der Waals surface area contributed by atoms with Crippen molar-refractivity contribution in [3.05, 3.63) is 12.2 Å². The van der Waals surface area contributed by atoms with Crippen molar-refractivity contribution in [2.45, 2.75) is 39.3 Å². The maximum Gasteiger partial charge on any atom is 0.323 e. The number of carbonyl (C=O) groups excluding carboxylic acids is 1. The Bertz CT molecular complexity index is 364. The molecule has 1 aromatic rings. The monoisotopic (exact) mass is 240 g/mol. The highest BCUT2D eigenvalue weighted by atomic mass is 16.5. The SMILES string of the molecule is CCOC(=O)C(CC)NC(C)c1nncn1C. The van der Waals surface area contributed by atoms with Crippen LogP contribution in [0.5, 0.6) is 0 Å². The molecule has 1 rings (SSSR count). The summed E-state index contributed by atoms with van der Waals surface area (Å²) in [6.07, 6.45) is 2.32. The molecule has 0 saturated heterocycles. The number of aromatic nitrogens is 3. The number of nitrogens with zero attached hydrogens (tertiary/aromatic N) is 3. The van der Waals surface area contributed by atoms with Crippen molar-refractivity contribution >= 4 is 5.97 Å². The Morgan fingerprint density at radius 3 is 2.76 bits per heavy atom. The number of rotatable bonds is 6. The minimum Gasteiger partial charge on any atom is -0.465 e. The van der Waals surface area contributed by atoms with Gasteiger partial charge in [-0.05, 0) is 20.3 Å². The number of hydrogen-bond donors (Lipinski definition) is 1. The first-order chi connectivity index (χ1) is 8.10. The predicted molar refractivity (Wildman–Crippen MR) is 63.3 cm³/mol. The lowest BCUT2D eigenvalue weighted by Crippen LogP contribution is -2.39. The van der Waals surface area contributed by atoms with Crippen LogP contribution in [-0.4, -0.2) is 33.4 Å². The summed E-state index contributed by atoms with van der Waals surface area (Å²) in [6, 6.07) is -0.349. The maximum absolute atomic E-state index is 11.6. The van der Waals surface area contributed by atoms with Crippen LogP contribution in [0.15, 0.2) is 6.33 Å². The second kappa shape index (κ2) is 6.34. The summed E-state index contributed by atoms with van der Waals surface area (Å²) >= 11 is 0. The van der Waals surface area contributed by atoms with E-state index in [4.69, 9.17) is 4.74 Å². The quantitative estimate of drug-likeness (QED) is 0.745. The molecule has 0 aliphatic heterocycles. The summed E-state index contributed by atoms with van der Waals surface area (Å²) in [5, 5.41) is 11.0. The summed E-state index contributed by atoms with van der Waals surface area (Å²) < 4.78 is 6.83. The van der Waals surface area contributed by atoms with Gasteiger partial charge in [0, 0.05) is 7.05 Å². The first-order valence-electron chi connectivity index (χ1n) is 5.86. The van der Waals surface area contributed by atoms with Crippen molar-refractivity contribution in [2.75, 3.05) is 6.61 Å². The number of carbonyl (C=O) groups is 1. The van der Waals surface area contributed by atoms with E-state index in [1.54, 1.807) is 13.3 Å². The predicted octanol–water partition coefficient (Wildman–Crippen LogP) is 0.807. The van der Waals surface area contributed by atoms with Gasteiger partial charge in [0.1, 0.15) is 18.2 Å². The number of aryl methyl sites for hydroxylation is 1. The minimum absolute atomic E-state index is 0.0446. The van der Waals surface area contributed by atoms with Crippen LogP contribution in [0.4, 0.5) is 0 Å². The van der Waals surface area contributed by atoms with E-state index < -0.39 is 0 Å². The zero-order valence-electron chi connectivity index (χ0n) is 10.8. The van der Waals surface area contributed by atoms with Crippen LogP contribution in [0.25, 0.3) is 0 Å². The van der Waals surface area contributed by atoms with Crippen molar-refractivity contribution in [3.63, 3.8) is 0 Å². The van der Waals surface area contributed by atoms with Gasteiger partial charge in [-0.25, -0.2) is 0 Å². The molecule has 1 aromatic heterocycles. The van der Waals surface area contributed by atoms with E-state index in [9.17, 15) is 4.79 Å². The van der Waals surface area contributed by atoms with Gasteiger partial charge in [-0.3, -0.25) is 10.1 Å². The fourth-order valence-corrected chi connectivity index (χ4v) is 1.66. The topological polar surface area (TPSA) is 69.0 Å². The van der Waals surface area contributed by atoms with Gasteiger partial charge in [-0.2, -0.15) is 0 Å². The van der Waals surface area contributed by atoms with Crippen LogP contribution in [0.3, 0.4) is 0 Å². The number of nitrogens with one attached hydrogen (secondary N) is 1. The fourth-order valence-electron chi connectivity index (χ4n) is 1.66. The summed E-state index contributed by atoms with van der Waals surface area (Å²) in [5.74, 6) is 0.580. The second-order valence-electron chi connectivity index (χ2n) is 3.90. The minimum atomic E-state index is -0.304. The Balaban J connectivity index is 2.62. The lowest BCUT2D eigenvalue weighted by Gasteiger charge is -2.20. The van der Waals surface area contributed by atoms with Gasteiger partial charge in [0.25, 0.3) is 0 Å². The maximum atomic E-state index is 11.6. The third kappa shape index (κ3) is 3.52. The molecule has 1 N–H and O–H groups in total. The zero-order chi connectivity index (χ0) is 12.8. The molecule has 96 valence electrons. The molecule has 0 aromatic carbocycles. The first kappa shape index (κ1) is 13.6.